The van der Waals surface area contributed by atoms with Crippen molar-refractivity contribution in [3.05, 3.63) is 60.2 Å². The van der Waals surface area contributed by atoms with Gasteiger partial charge in [0.25, 0.3) is 0 Å². The Bertz CT molecular complexity index is 827. The molecule has 0 aliphatic carbocycles. The van der Waals surface area contributed by atoms with E-state index >= 15 is 0 Å². The summed E-state index contributed by atoms with van der Waals surface area (Å²) < 4.78 is 0. The molecule has 0 aliphatic rings. The molecule has 0 bridgehead atoms. The molecular formula is C17H17N5O2. The molecule has 3 aromatic rings. The lowest BCUT2D eigenvalue weighted by molar-refractivity contribution is -0.116. The third kappa shape index (κ3) is 3.70. The molecule has 0 spiro atoms. The number of carbonyl (C=O) groups is 2. The van der Waals surface area contributed by atoms with Crippen LogP contribution in [0.25, 0.3) is 11.0 Å². The minimum atomic E-state index is -0.680. The van der Waals surface area contributed by atoms with Gasteiger partial charge in [0.05, 0.1) is 23.5 Å². The predicted octanol–water partition coefficient (Wildman–Crippen LogP) is 2.30. The molecule has 3 amide bonds. The number of hydrogen-bond acceptors (Lipinski definition) is 3. The number of hydrogen-bond donors (Lipinski definition) is 4. The van der Waals surface area contributed by atoms with Crippen LogP contribution in [0.5, 0.6) is 0 Å². The lowest BCUT2D eigenvalue weighted by atomic mass is 10.0. The number of para-hydroxylation sites is 2. The van der Waals surface area contributed by atoms with Gasteiger partial charge in [-0.3, -0.25) is 10.1 Å². The van der Waals surface area contributed by atoms with Crippen LogP contribution in [-0.4, -0.2) is 21.9 Å². The summed E-state index contributed by atoms with van der Waals surface area (Å²) in [5.41, 5.74) is 7.61. The summed E-state index contributed by atoms with van der Waals surface area (Å²) in [7, 11) is 0. The van der Waals surface area contributed by atoms with Crippen molar-refractivity contribution in [1.29, 1.82) is 0 Å². The fraction of sp³-hybridized carbons (Fsp3) is 0.118. The first-order valence-electron chi connectivity index (χ1n) is 7.47. The highest BCUT2D eigenvalue weighted by atomic mass is 16.2. The number of aromatic amines is 1. The SMILES string of the molecule is NC(=O)NC(CC(=O)Nc1nc2ccccc2[nH]1)c1ccccc1. The van der Waals surface area contributed by atoms with Gasteiger partial charge in [0.1, 0.15) is 0 Å². The highest BCUT2D eigenvalue weighted by Crippen LogP contribution is 2.18. The van der Waals surface area contributed by atoms with Crippen molar-refractivity contribution in [3.8, 4) is 0 Å². The van der Waals surface area contributed by atoms with Crippen molar-refractivity contribution >= 4 is 28.9 Å². The minimum absolute atomic E-state index is 0.0456. The Morgan fingerprint density at radius 2 is 1.79 bits per heavy atom. The Kier molecular flexibility index (Phi) is 4.42. The number of nitrogens with two attached hydrogens (primary N) is 1. The normalized spacial score (nSPS) is 11.8. The molecule has 24 heavy (non-hydrogen) atoms. The third-order valence-corrected chi connectivity index (χ3v) is 3.56. The summed E-state index contributed by atoms with van der Waals surface area (Å²) in [6.07, 6.45) is 0.0456. The van der Waals surface area contributed by atoms with Gasteiger partial charge in [-0.05, 0) is 17.7 Å². The van der Waals surface area contributed by atoms with Gasteiger partial charge in [-0.2, -0.15) is 0 Å². The third-order valence-electron chi connectivity index (χ3n) is 3.56. The summed E-state index contributed by atoms with van der Waals surface area (Å²) in [4.78, 5) is 30.8. The van der Waals surface area contributed by atoms with E-state index in [-0.39, 0.29) is 12.3 Å². The van der Waals surface area contributed by atoms with Gasteiger partial charge in [-0.15, -0.1) is 0 Å². The van der Waals surface area contributed by atoms with Gasteiger partial charge in [-0.1, -0.05) is 42.5 Å². The molecule has 7 nitrogen and oxygen atoms in total. The van der Waals surface area contributed by atoms with E-state index in [1.165, 1.54) is 0 Å². The number of primary amides is 1. The van der Waals surface area contributed by atoms with E-state index in [2.05, 4.69) is 20.6 Å². The van der Waals surface area contributed by atoms with E-state index in [0.29, 0.717) is 5.95 Å². The van der Waals surface area contributed by atoms with Crippen LogP contribution in [0.1, 0.15) is 18.0 Å². The fourth-order valence-electron chi connectivity index (χ4n) is 2.49. The number of rotatable bonds is 5. The van der Waals surface area contributed by atoms with Crippen molar-refractivity contribution in [1.82, 2.24) is 15.3 Å². The van der Waals surface area contributed by atoms with Crippen LogP contribution >= 0.6 is 0 Å². The summed E-state index contributed by atoms with van der Waals surface area (Å²) in [5.74, 6) is 0.0868. The summed E-state index contributed by atoms with van der Waals surface area (Å²) in [6, 6.07) is 15.5. The first kappa shape index (κ1) is 15.5. The second-order valence-corrected chi connectivity index (χ2v) is 5.33. The fourth-order valence-corrected chi connectivity index (χ4v) is 2.49. The van der Waals surface area contributed by atoms with Gasteiger partial charge in [0.15, 0.2) is 0 Å². The van der Waals surface area contributed by atoms with Gasteiger partial charge in [0, 0.05) is 0 Å². The van der Waals surface area contributed by atoms with Crippen LogP contribution in [0.2, 0.25) is 0 Å². The van der Waals surface area contributed by atoms with Gasteiger partial charge < -0.3 is 16.0 Å². The molecule has 0 saturated heterocycles. The number of benzene rings is 2. The number of nitrogens with one attached hydrogen (secondary N) is 3. The molecule has 3 rings (SSSR count). The van der Waals surface area contributed by atoms with Crippen molar-refractivity contribution in [2.24, 2.45) is 5.73 Å². The Balaban J connectivity index is 1.72. The molecule has 0 radical (unpaired) electrons. The van der Waals surface area contributed by atoms with E-state index in [1.54, 1.807) is 0 Å². The smallest absolute Gasteiger partial charge is 0.312 e. The van der Waals surface area contributed by atoms with Gasteiger partial charge >= 0.3 is 6.03 Å². The lowest BCUT2D eigenvalue weighted by Gasteiger charge is -2.17. The molecule has 1 unspecified atom stereocenters. The highest BCUT2D eigenvalue weighted by molar-refractivity contribution is 5.91. The molecule has 1 aromatic heterocycles. The van der Waals surface area contributed by atoms with Crippen LogP contribution < -0.4 is 16.4 Å². The number of amides is 3. The zero-order chi connectivity index (χ0) is 16.9. The average Bonchev–Trinajstić information content (AvgIpc) is 2.96. The maximum Gasteiger partial charge on any atom is 0.312 e. The zero-order valence-corrected chi connectivity index (χ0v) is 12.8. The van der Waals surface area contributed by atoms with Crippen molar-refractivity contribution in [2.75, 3.05) is 5.32 Å². The number of imidazole rings is 1. The molecule has 0 fully saturated rings. The molecule has 5 N–H and O–H groups in total. The molecule has 0 saturated carbocycles. The average molecular weight is 323 g/mol. The first-order valence-corrected chi connectivity index (χ1v) is 7.47. The quantitative estimate of drug-likeness (QED) is 0.578. The van der Waals surface area contributed by atoms with Crippen LogP contribution in [-0.2, 0) is 4.79 Å². The van der Waals surface area contributed by atoms with Gasteiger partial charge in [-0.25, -0.2) is 9.78 Å². The van der Waals surface area contributed by atoms with Crippen LogP contribution in [0.3, 0.4) is 0 Å². The van der Waals surface area contributed by atoms with Crippen LogP contribution in [0, 0.1) is 0 Å². The topological polar surface area (TPSA) is 113 Å². The molecule has 0 aliphatic heterocycles. The first-order chi connectivity index (χ1) is 11.6. The number of fused-ring (bicyclic) bond motifs is 1. The number of nitrogens with zero attached hydrogens (tertiary/aromatic N) is 1. The van der Waals surface area contributed by atoms with E-state index in [4.69, 9.17) is 5.73 Å². The maximum absolute atomic E-state index is 12.3. The molecule has 2 aromatic carbocycles. The molecular weight excluding hydrogens is 306 g/mol. The largest absolute Gasteiger partial charge is 0.352 e. The standard InChI is InChI=1S/C17H17N5O2/c18-16(24)19-14(11-6-2-1-3-7-11)10-15(23)22-17-20-12-8-4-5-9-13(12)21-17/h1-9,14H,10H2,(H3,18,19,24)(H2,20,21,22,23). The lowest BCUT2D eigenvalue weighted by Crippen LogP contribution is -2.35. The Hall–Kier alpha value is -3.35. The summed E-state index contributed by atoms with van der Waals surface area (Å²) in [5, 5.41) is 5.29. The monoisotopic (exact) mass is 323 g/mol. The van der Waals surface area contributed by atoms with E-state index in [1.807, 2.05) is 54.6 Å². The Morgan fingerprint density at radius 3 is 2.50 bits per heavy atom. The molecule has 122 valence electrons. The van der Waals surface area contributed by atoms with Crippen molar-refractivity contribution < 1.29 is 9.59 Å². The number of carbonyl (C=O) groups excluding carboxylic acids is 2. The maximum atomic E-state index is 12.3. The van der Waals surface area contributed by atoms with Crippen LogP contribution in [0.4, 0.5) is 10.7 Å². The molecule has 1 atom stereocenters. The predicted molar refractivity (Wildman–Crippen MR) is 91.2 cm³/mol. The minimum Gasteiger partial charge on any atom is -0.352 e. The number of urea groups is 1. The number of aromatic nitrogens is 2. The highest BCUT2D eigenvalue weighted by Gasteiger charge is 2.18. The number of H-pyrrole nitrogens is 1. The Morgan fingerprint density at radius 1 is 1.08 bits per heavy atom. The van der Waals surface area contributed by atoms with Crippen molar-refractivity contribution in [3.63, 3.8) is 0 Å². The second-order valence-electron chi connectivity index (χ2n) is 5.33. The zero-order valence-electron chi connectivity index (χ0n) is 12.8. The Labute approximate surface area is 138 Å². The van der Waals surface area contributed by atoms with Crippen LogP contribution in [0.15, 0.2) is 54.6 Å². The number of anilines is 1. The summed E-state index contributed by atoms with van der Waals surface area (Å²) >= 11 is 0. The van der Waals surface area contributed by atoms with Gasteiger partial charge in [0.2, 0.25) is 11.9 Å². The molecule has 1 heterocycles. The van der Waals surface area contributed by atoms with E-state index in [0.717, 1.165) is 16.6 Å². The second kappa shape index (κ2) is 6.82. The van der Waals surface area contributed by atoms with E-state index in [9.17, 15) is 9.59 Å². The van der Waals surface area contributed by atoms with E-state index < -0.39 is 12.1 Å². The van der Waals surface area contributed by atoms with Crippen molar-refractivity contribution in [2.45, 2.75) is 12.5 Å². The molecule has 7 heteroatoms. The summed E-state index contributed by atoms with van der Waals surface area (Å²) in [6.45, 7) is 0.